The summed E-state index contributed by atoms with van der Waals surface area (Å²) in [7, 11) is 0. The molecule has 1 saturated heterocycles. The topological polar surface area (TPSA) is 42.1 Å². The van der Waals surface area contributed by atoms with E-state index >= 15 is 0 Å². The van der Waals surface area contributed by atoms with Gasteiger partial charge in [0.15, 0.2) is 0 Å². The minimum absolute atomic E-state index is 0.141. The summed E-state index contributed by atoms with van der Waals surface area (Å²) in [6.45, 7) is 7.91. The summed E-state index contributed by atoms with van der Waals surface area (Å²) in [5.41, 5.74) is 7.87. The average molecular weight is 293 g/mol. The van der Waals surface area contributed by atoms with E-state index < -0.39 is 0 Å². The van der Waals surface area contributed by atoms with Gasteiger partial charge in [0.2, 0.25) is 0 Å². The molecule has 1 saturated carbocycles. The van der Waals surface area contributed by atoms with Gasteiger partial charge in [0.05, 0.1) is 16.7 Å². The molecule has 1 aromatic heterocycles. The fourth-order valence-electron chi connectivity index (χ4n) is 3.19. The van der Waals surface area contributed by atoms with Crippen molar-refractivity contribution in [2.24, 2.45) is 5.73 Å². The van der Waals surface area contributed by atoms with Crippen molar-refractivity contribution in [2.75, 3.05) is 6.54 Å². The number of likely N-dealkylation sites (tertiary alicyclic amines) is 1. The Morgan fingerprint density at radius 2 is 2.00 bits per heavy atom. The summed E-state index contributed by atoms with van der Waals surface area (Å²) < 4.78 is 0. The van der Waals surface area contributed by atoms with Crippen LogP contribution >= 0.6 is 11.3 Å². The lowest BCUT2D eigenvalue weighted by molar-refractivity contribution is 0.172. The molecule has 2 N–H and O–H groups in total. The third-order valence-electron chi connectivity index (χ3n) is 4.45. The minimum Gasteiger partial charge on any atom is -0.326 e. The third-order valence-corrected chi connectivity index (χ3v) is 5.74. The third kappa shape index (κ3) is 2.92. The summed E-state index contributed by atoms with van der Waals surface area (Å²) in [6.07, 6.45) is 6.38. The van der Waals surface area contributed by atoms with Gasteiger partial charge in [-0.1, -0.05) is 27.2 Å². The van der Waals surface area contributed by atoms with Gasteiger partial charge >= 0.3 is 0 Å². The molecular formula is C16H27N3S. The zero-order valence-electron chi connectivity index (χ0n) is 12.9. The van der Waals surface area contributed by atoms with Crippen LogP contribution in [0.5, 0.6) is 0 Å². The molecule has 2 aliphatic rings. The van der Waals surface area contributed by atoms with Crippen LogP contribution in [0.25, 0.3) is 0 Å². The number of hydrogen-bond donors (Lipinski definition) is 1. The lowest BCUT2D eigenvalue weighted by Crippen LogP contribution is -2.41. The number of hydrogen-bond acceptors (Lipinski definition) is 4. The predicted octanol–water partition coefficient (Wildman–Crippen LogP) is 3.46. The number of nitrogens with two attached hydrogens (primary N) is 1. The maximum atomic E-state index is 6.51. The predicted molar refractivity (Wildman–Crippen MR) is 85.1 cm³/mol. The molecule has 2 unspecified atom stereocenters. The van der Waals surface area contributed by atoms with Gasteiger partial charge < -0.3 is 5.73 Å². The number of thiazole rings is 1. The van der Waals surface area contributed by atoms with Gasteiger partial charge in [-0.2, -0.15) is 0 Å². The normalized spacial score (nSPS) is 29.4. The molecule has 1 aromatic rings. The first-order chi connectivity index (χ1) is 9.47. The highest BCUT2D eigenvalue weighted by molar-refractivity contribution is 7.09. The van der Waals surface area contributed by atoms with Crippen LogP contribution in [-0.4, -0.2) is 28.5 Å². The van der Waals surface area contributed by atoms with E-state index in [4.69, 9.17) is 10.7 Å². The molecule has 0 aromatic carbocycles. The average Bonchev–Trinajstić information content (AvgIpc) is 3.11. The zero-order valence-corrected chi connectivity index (χ0v) is 13.7. The number of rotatable bonds is 2. The molecule has 0 spiro atoms. The molecule has 1 aliphatic carbocycles. The van der Waals surface area contributed by atoms with E-state index in [0.717, 1.165) is 12.5 Å². The maximum Gasteiger partial charge on any atom is 0.0982 e. The van der Waals surface area contributed by atoms with Crippen molar-refractivity contribution in [2.45, 2.75) is 76.4 Å². The molecular weight excluding hydrogens is 266 g/mol. The lowest BCUT2D eigenvalue weighted by Gasteiger charge is -2.32. The fraction of sp³-hybridized carbons (Fsp3) is 0.812. The van der Waals surface area contributed by atoms with Gasteiger partial charge in [-0.05, 0) is 32.2 Å². The Balaban J connectivity index is 1.89. The van der Waals surface area contributed by atoms with Crippen molar-refractivity contribution in [3.05, 3.63) is 16.1 Å². The minimum atomic E-state index is 0.141. The summed E-state index contributed by atoms with van der Waals surface area (Å²) in [4.78, 5) is 7.61. The molecule has 2 fully saturated rings. The fourth-order valence-corrected chi connectivity index (χ4v) is 4.13. The van der Waals surface area contributed by atoms with Crippen LogP contribution in [0.4, 0.5) is 0 Å². The molecule has 3 nitrogen and oxygen atoms in total. The van der Waals surface area contributed by atoms with Crippen LogP contribution < -0.4 is 5.73 Å². The van der Waals surface area contributed by atoms with E-state index in [1.54, 1.807) is 11.3 Å². The van der Waals surface area contributed by atoms with Gasteiger partial charge in [-0.25, -0.2) is 4.98 Å². The second-order valence-corrected chi connectivity index (χ2v) is 8.26. The van der Waals surface area contributed by atoms with E-state index in [2.05, 4.69) is 31.1 Å². The Bertz CT molecular complexity index is 459. The quantitative estimate of drug-likeness (QED) is 0.908. The van der Waals surface area contributed by atoms with E-state index in [1.165, 1.54) is 42.9 Å². The highest BCUT2D eigenvalue weighted by Crippen LogP contribution is 2.39. The molecule has 112 valence electrons. The van der Waals surface area contributed by atoms with E-state index in [-0.39, 0.29) is 11.5 Å². The van der Waals surface area contributed by atoms with Gasteiger partial charge in [0.25, 0.3) is 0 Å². The van der Waals surface area contributed by atoms with Gasteiger partial charge in [0.1, 0.15) is 0 Å². The van der Waals surface area contributed by atoms with Crippen LogP contribution in [0, 0.1) is 0 Å². The second kappa shape index (κ2) is 5.39. The molecule has 3 rings (SSSR count). The molecule has 2 atom stereocenters. The first kappa shape index (κ1) is 14.5. The van der Waals surface area contributed by atoms with Gasteiger partial charge in [0, 0.05) is 22.9 Å². The molecule has 4 heteroatoms. The Morgan fingerprint density at radius 1 is 1.25 bits per heavy atom. The molecule has 0 bridgehead atoms. The van der Waals surface area contributed by atoms with Crippen LogP contribution in [0.2, 0.25) is 0 Å². The highest BCUT2D eigenvalue weighted by Gasteiger charge is 2.39. The van der Waals surface area contributed by atoms with Crippen molar-refractivity contribution in [3.63, 3.8) is 0 Å². The van der Waals surface area contributed by atoms with E-state index in [9.17, 15) is 0 Å². The highest BCUT2D eigenvalue weighted by atomic mass is 32.1. The molecule has 20 heavy (non-hydrogen) atoms. The lowest BCUT2D eigenvalue weighted by atomic mass is 9.97. The SMILES string of the molecule is CC(C)(C)c1nc(C2C(N)CCCCN2C2CC2)cs1. The smallest absolute Gasteiger partial charge is 0.0982 e. The summed E-state index contributed by atoms with van der Waals surface area (Å²) in [5, 5.41) is 3.49. The van der Waals surface area contributed by atoms with Crippen molar-refractivity contribution in [1.29, 1.82) is 0 Å². The van der Waals surface area contributed by atoms with Crippen LogP contribution in [0.15, 0.2) is 5.38 Å². The molecule has 0 radical (unpaired) electrons. The van der Waals surface area contributed by atoms with Crippen molar-refractivity contribution in [3.8, 4) is 0 Å². The van der Waals surface area contributed by atoms with Crippen LogP contribution in [0.1, 0.15) is 69.6 Å². The van der Waals surface area contributed by atoms with Gasteiger partial charge in [-0.15, -0.1) is 11.3 Å². The van der Waals surface area contributed by atoms with Crippen molar-refractivity contribution in [1.82, 2.24) is 9.88 Å². The summed E-state index contributed by atoms with van der Waals surface area (Å²) in [6, 6.07) is 1.36. The summed E-state index contributed by atoms with van der Waals surface area (Å²) >= 11 is 1.80. The van der Waals surface area contributed by atoms with Crippen LogP contribution in [0.3, 0.4) is 0 Å². The van der Waals surface area contributed by atoms with Gasteiger partial charge in [-0.3, -0.25) is 4.90 Å². The number of nitrogens with zero attached hydrogens (tertiary/aromatic N) is 2. The van der Waals surface area contributed by atoms with E-state index in [0.29, 0.717) is 6.04 Å². The Labute approximate surface area is 126 Å². The van der Waals surface area contributed by atoms with E-state index in [1.807, 2.05) is 0 Å². The Hall–Kier alpha value is -0.450. The van der Waals surface area contributed by atoms with Crippen molar-refractivity contribution < 1.29 is 0 Å². The number of aromatic nitrogens is 1. The maximum absolute atomic E-state index is 6.51. The zero-order chi connectivity index (χ0) is 14.3. The first-order valence-electron chi connectivity index (χ1n) is 7.94. The Kier molecular flexibility index (Phi) is 3.91. The largest absolute Gasteiger partial charge is 0.326 e. The van der Waals surface area contributed by atoms with Crippen LogP contribution in [-0.2, 0) is 5.41 Å². The molecule has 2 heterocycles. The molecule has 1 aliphatic heterocycles. The summed E-state index contributed by atoms with van der Waals surface area (Å²) in [5.74, 6) is 0. The first-order valence-corrected chi connectivity index (χ1v) is 8.82. The standard InChI is InChI=1S/C16H27N3S/c1-16(2,3)15-18-13(10-20-15)14-12(17)6-4-5-9-19(14)11-7-8-11/h10-12,14H,4-9,17H2,1-3H3. The monoisotopic (exact) mass is 293 g/mol. The van der Waals surface area contributed by atoms with Crippen molar-refractivity contribution >= 4 is 11.3 Å². The Morgan fingerprint density at radius 3 is 2.60 bits per heavy atom. The second-order valence-electron chi connectivity index (χ2n) is 7.40. The molecule has 0 amide bonds.